The summed E-state index contributed by atoms with van der Waals surface area (Å²) in [6, 6.07) is 21.3. The molecule has 0 radical (unpaired) electrons. The van der Waals surface area contributed by atoms with Crippen LogP contribution in [0.15, 0.2) is 87.8 Å². The van der Waals surface area contributed by atoms with Gasteiger partial charge in [-0.15, -0.1) is 0 Å². The average molecular weight is 776 g/mol. The first-order chi connectivity index (χ1) is 19.2. The quantitative estimate of drug-likeness (QED) is 0.174. The average Bonchev–Trinajstić information content (AvgIpc) is 3.23. The third kappa shape index (κ3) is 6.10. The molecule has 0 N–H and O–H groups in total. The lowest BCUT2D eigenvalue weighted by Gasteiger charge is -2.24. The molecular formula is C31H26I2N2O4S. The van der Waals surface area contributed by atoms with Gasteiger partial charge in [-0.25, -0.2) is 9.79 Å². The maximum Gasteiger partial charge on any atom is 0.338 e. The minimum Gasteiger partial charge on any atom is -0.488 e. The van der Waals surface area contributed by atoms with E-state index in [2.05, 4.69) is 74.4 Å². The van der Waals surface area contributed by atoms with Crippen LogP contribution in [0.3, 0.4) is 0 Å². The van der Waals surface area contributed by atoms with E-state index >= 15 is 0 Å². The Kier molecular flexibility index (Phi) is 8.91. The van der Waals surface area contributed by atoms with Gasteiger partial charge in [0.2, 0.25) is 0 Å². The van der Waals surface area contributed by atoms with E-state index in [0.29, 0.717) is 27.2 Å². The second-order valence-corrected chi connectivity index (χ2v) is 12.7. The van der Waals surface area contributed by atoms with E-state index in [9.17, 15) is 9.59 Å². The molecular weight excluding hydrogens is 750 g/mol. The zero-order valence-corrected chi connectivity index (χ0v) is 27.2. The highest BCUT2D eigenvalue weighted by Crippen LogP contribution is 2.31. The number of hydrogen-bond donors (Lipinski definition) is 0. The minimum atomic E-state index is -0.616. The van der Waals surface area contributed by atoms with Crippen molar-refractivity contribution in [2.75, 3.05) is 6.61 Å². The first-order valence-electron chi connectivity index (χ1n) is 12.7. The highest BCUT2D eigenvalue weighted by atomic mass is 127. The highest BCUT2D eigenvalue weighted by Gasteiger charge is 2.33. The summed E-state index contributed by atoms with van der Waals surface area (Å²) in [6.45, 7) is 6.28. The Morgan fingerprint density at radius 1 is 1.05 bits per heavy atom. The van der Waals surface area contributed by atoms with E-state index in [-0.39, 0.29) is 12.2 Å². The molecule has 1 aliphatic heterocycles. The third-order valence-electron chi connectivity index (χ3n) is 6.47. The van der Waals surface area contributed by atoms with Crippen molar-refractivity contribution in [3.05, 3.63) is 127 Å². The number of aromatic nitrogens is 1. The fourth-order valence-electron chi connectivity index (χ4n) is 4.47. The molecule has 5 rings (SSSR count). The van der Waals surface area contributed by atoms with Crippen LogP contribution >= 0.6 is 56.5 Å². The number of aryl methyl sites for hydroxylation is 1. The number of carbonyl (C=O) groups is 1. The van der Waals surface area contributed by atoms with Crippen LogP contribution in [0.25, 0.3) is 6.08 Å². The van der Waals surface area contributed by atoms with E-state index in [1.165, 1.54) is 14.9 Å². The van der Waals surface area contributed by atoms with Crippen LogP contribution in [-0.2, 0) is 16.1 Å². The van der Waals surface area contributed by atoms with Crippen molar-refractivity contribution >= 4 is 68.6 Å². The zero-order chi connectivity index (χ0) is 28.4. The molecule has 1 atom stereocenters. The van der Waals surface area contributed by atoms with Gasteiger partial charge >= 0.3 is 5.97 Å². The van der Waals surface area contributed by atoms with Crippen molar-refractivity contribution in [1.82, 2.24) is 4.57 Å². The number of thiazole rings is 1. The van der Waals surface area contributed by atoms with Crippen molar-refractivity contribution in [2.24, 2.45) is 4.99 Å². The lowest BCUT2D eigenvalue weighted by atomic mass is 9.95. The van der Waals surface area contributed by atoms with Crippen LogP contribution in [0.4, 0.5) is 0 Å². The summed E-state index contributed by atoms with van der Waals surface area (Å²) in [7, 11) is 0. The van der Waals surface area contributed by atoms with Crippen molar-refractivity contribution in [2.45, 2.75) is 33.4 Å². The first-order valence-corrected chi connectivity index (χ1v) is 15.7. The Morgan fingerprint density at radius 2 is 1.77 bits per heavy atom. The summed E-state index contributed by atoms with van der Waals surface area (Å²) in [4.78, 5) is 32.1. The molecule has 1 aliphatic rings. The molecule has 3 aromatic carbocycles. The normalized spacial score (nSPS) is 15.0. The number of nitrogens with zero attached hydrogens (tertiary/aromatic N) is 2. The van der Waals surface area contributed by atoms with E-state index in [1.54, 1.807) is 18.4 Å². The van der Waals surface area contributed by atoms with Crippen LogP contribution in [0, 0.1) is 14.1 Å². The maximum atomic E-state index is 13.8. The Labute approximate surface area is 263 Å². The number of rotatable bonds is 7. The minimum absolute atomic E-state index is 0.197. The van der Waals surface area contributed by atoms with Crippen molar-refractivity contribution in [3.63, 3.8) is 0 Å². The molecule has 0 saturated heterocycles. The molecule has 0 saturated carbocycles. The summed E-state index contributed by atoms with van der Waals surface area (Å²) in [5, 5.41) is 0. The van der Waals surface area contributed by atoms with Crippen LogP contribution < -0.4 is 19.6 Å². The summed E-state index contributed by atoms with van der Waals surface area (Å²) in [5.41, 5.74) is 4.65. The second-order valence-electron chi connectivity index (χ2n) is 9.32. The molecule has 0 spiro atoms. The van der Waals surface area contributed by atoms with Crippen molar-refractivity contribution < 1.29 is 14.3 Å². The Balaban J connectivity index is 1.51. The van der Waals surface area contributed by atoms with Gasteiger partial charge in [0.1, 0.15) is 12.4 Å². The lowest BCUT2D eigenvalue weighted by molar-refractivity contribution is -0.139. The number of esters is 1. The molecule has 9 heteroatoms. The molecule has 0 unspecified atom stereocenters. The van der Waals surface area contributed by atoms with Crippen LogP contribution in [0.2, 0.25) is 0 Å². The Morgan fingerprint density at radius 3 is 2.45 bits per heavy atom. The monoisotopic (exact) mass is 776 g/mol. The van der Waals surface area contributed by atoms with Gasteiger partial charge < -0.3 is 9.47 Å². The number of hydrogen-bond acceptors (Lipinski definition) is 6. The summed E-state index contributed by atoms with van der Waals surface area (Å²) < 4.78 is 15.7. The van der Waals surface area contributed by atoms with Gasteiger partial charge in [0, 0.05) is 3.57 Å². The van der Waals surface area contributed by atoms with E-state index < -0.39 is 12.0 Å². The standard InChI is InChI=1S/C31H26I2N2O4S/c1-4-38-30(37)27-19(3)34-31-35(28(27)22-10-5-18(2)6-11-22)29(36)26(40-31)16-21-9-14-25(24(33)15-21)39-17-20-7-12-23(32)13-8-20/h5-16,28H,4,17H2,1-3H3/b26-16+/t28-/m1/s1. The molecule has 2 heterocycles. The van der Waals surface area contributed by atoms with Gasteiger partial charge in [-0.1, -0.05) is 59.4 Å². The number of halogens is 2. The second kappa shape index (κ2) is 12.4. The van der Waals surface area contributed by atoms with E-state index in [4.69, 9.17) is 9.47 Å². The number of fused-ring (bicyclic) bond motifs is 1. The molecule has 0 bridgehead atoms. The molecule has 1 aromatic heterocycles. The molecule has 0 aliphatic carbocycles. The maximum absolute atomic E-state index is 13.8. The van der Waals surface area contributed by atoms with Gasteiger partial charge in [0.05, 0.1) is 32.0 Å². The fraction of sp³-hybridized carbons (Fsp3) is 0.194. The van der Waals surface area contributed by atoms with Gasteiger partial charge in [0.25, 0.3) is 5.56 Å². The van der Waals surface area contributed by atoms with Crippen LogP contribution in [-0.4, -0.2) is 17.1 Å². The van der Waals surface area contributed by atoms with E-state index in [0.717, 1.165) is 31.6 Å². The molecule has 4 aromatic rings. The third-order valence-corrected chi connectivity index (χ3v) is 9.02. The van der Waals surface area contributed by atoms with Gasteiger partial charge in [0.15, 0.2) is 4.80 Å². The Hall–Kier alpha value is -2.77. The summed E-state index contributed by atoms with van der Waals surface area (Å²) in [5.74, 6) is 0.325. The summed E-state index contributed by atoms with van der Waals surface area (Å²) >= 11 is 5.85. The highest BCUT2D eigenvalue weighted by molar-refractivity contribution is 14.1. The smallest absolute Gasteiger partial charge is 0.338 e. The molecule has 0 amide bonds. The largest absolute Gasteiger partial charge is 0.488 e. The fourth-order valence-corrected chi connectivity index (χ4v) is 6.57. The number of benzene rings is 3. The van der Waals surface area contributed by atoms with Crippen molar-refractivity contribution in [1.29, 1.82) is 0 Å². The topological polar surface area (TPSA) is 69.9 Å². The van der Waals surface area contributed by atoms with Crippen LogP contribution in [0.1, 0.15) is 42.1 Å². The zero-order valence-electron chi connectivity index (χ0n) is 22.1. The van der Waals surface area contributed by atoms with E-state index in [1.807, 2.05) is 55.5 Å². The molecule has 204 valence electrons. The van der Waals surface area contributed by atoms with Gasteiger partial charge in [-0.3, -0.25) is 9.36 Å². The van der Waals surface area contributed by atoms with Gasteiger partial charge in [-0.2, -0.15) is 0 Å². The van der Waals surface area contributed by atoms with Gasteiger partial charge in [-0.05, 0) is 113 Å². The number of allylic oxidation sites excluding steroid dienone is 1. The SMILES string of the molecule is CCOC(=O)C1=C(C)N=c2s/c(=C/c3ccc(OCc4ccc(I)cc4)c(I)c3)c(=O)n2[C@@H]1c1ccc(C)cc1. The number of carbonyl (C=O) groups excluding carboxylic acids is 1. The Bertz CT molecular complexity index is 1790. The first kappa shape index (κ1) is 28.7. The van der Waals surface area contributed by atoms with Crippen molar-refractivity contribution in [3.8, 4) is 5.75 Å². The predicted octanol–water partition coefficient (Wildman–Crippen LogP) is 5.89. The molecule has 40 heavy (non-hydrogen) atoms. The van der Waals surface area contributed by atoms with Crippen LogP contribution in [0.5, 0.6) is 5.75 Å². The number of ether oxygens (including phenoxy) is 2. The molecule has 0 fully saturated rings. The summed E-state index contributed by atoms with van der Waals surface area (Å²) in [6.07, 6.45) is 1.87. The predicted molar refractivity (Wildman–Crippen MR) is 174 cm³/mol. The lowest BCUT2D eigenvalue weighted by Crippen LogP contribution is -2.39. The molecule has 6 nitrogen and oxygen atoms in total.